The number of hydrogen-bond donors (Lipinski definition) is 1. The van der Waals surface area contributed by atoms with E-state index in [1.807, 2.05) is 24.3 Å². The average Bonchev–Trinajstić information content (AvgIpc) is 3.43. The summed E-state index contributed by atoms with van der Waals surface area (Å²) >= 11 is 0. The molecule has 4 rings (SSSR count). The van der Waals surface area contributed by atoms with Gasteiger partial charge in [0.05, 0.1) is 18.1 Å². The summed E-state index contributed by atoms with van der Waals surface area (Å²) < 4.78 is 5.42. The van der Waals surface area contributed by atoms with Gasteiger partial charge in [0.2, 0.25) is 5.91 Å². The van der Waals surface area contributed by atoms with Crippen molar-refractivity contribution in [1.29, 1.82) is 0 Å². The summed E-state index contributed by atoms with van der Waals surface area (Å²) in [6.45, 7) is 2.70. The molecule has 0 radical (unpaired) electrons. The number of rotatable bonds is 9. The summed E-state index contributed by atoms with van der Waals surface area (Å²) in [5.41, 5.74) is 1.29. The summed E-state index contributed by atoms with van der Waals surface area (Å²) in [5.74, 6) is 0.978. The van der Waals surface area contributed by atoms with E-state index in [1.54, 1.807) is 18.1 Å². The monoisotopic (exact) mass is 494 g/mol. The first-order valence-corrected chi connectivity index (χ1v) is 12.7. The fraction of sp³-hybridized carbons (Fsp3) is 0.481. The minimum atomic E-state index is -0.493. The molecule has 2 fully saturated rings. The summed E-state index contributed by atoms with van der Waals surface area (Å²) in [4.78, 5) is 40.9. The molecule has 1 aliphatic heterocycles. The van der Waals surface area contributed by atoms with E-state index in [4.69, 9.17) is 4.74 Å². The fourth-order valence-corrected chi connectivity index (χ4v) is 5.42. The molecule has 1 atom stereocenters. The highest BCUT2D eigenvalue weighted by Crippen LogP contribution is 2.31. The van der Waals surface area contributed by atoms with Crippen molar-refractivity contribution in [3.63, 3.8) is 0 Å². The molecule has 9 nitrogen and oxygen atoms in total. The molecule has 2 aromatic carbocycles. The van der Waals surface area contributed by atoms with Gasteiger partial charge in [-0.2, -0.15) is 0 Å². The number of nitrogens with zero attached hydrogens (tertiary/aromatic N) is 3. The predicted molar refractivity (Wildman–Crippen MR) is 136 cm³/mol. The molecule has 0 unspecified atom stereocenters. The van der Waals surface area contributed by atoms with Gasteiger partial charge in [0.25, 0.3) is 11.6 Å². The Bertz CT molecular complexity index is 1080. The van der Waals surface area contributed by atoms with E-state index in [0.717, 1.165) is 37.0 Å². The number of ether oxygens (including phenoxy) is 1. The maximum atomic E-state index is 13.4. The predicted octanol–water partition coefficient (Wildman–Crippen LogP) is 3.28. The molecule has 0 aromatic heterocycles. The molecule has 0 spiro atoms. The van der Waals surface area contributed by atoms with Gasteiger partial charge in [-0.1, -0.05) is 37.1 Å². The van der Waals surface area contributed by atoms with Gasteiger partial charge in [-0.3, -0.25) is 24.6 Å². The molecule has 192 valence electrons. The molecule has 1 N–H and O–H groups in total. The van der Waals surface area contributed by atoms with Gasteiger partial charge in [-0.15, -0.1) is 0 Å². The number of nitro benzene ring substituents is 1. The van der Waals surface area contributed by atoms with Crippen molar-refractivity contribution in [1.82, 2.24) is 15.1 Å². The van der Waals surface area contributed by atoms with Gasteiger partial charge >= 0.3 is 0 Å². The van der Waals surface area contributed by atoms with Gasteiger partial charge in [0.15, 0.2) is 0 Å². The first kappa shape index (κ1) is 25.6. The van der Waals surface area contributed by atoms with Crippen LogP contribution in [0.5, 0.6) is 5.75 Å². The van der Waals surface area contributed by atoms with Crippen molar-refractivity contribution in [2.45, 2.75) is 38.1 Å². The lowest BCUT2D eigenvalue weighted by atomic mass is 9.94. The lowest BCUT2D eigenvalue weighted by Gasteiger charge is -2.40. The van der Waals surface area contributed by atoms with Crippen LogP contribution in [0.2, 0.25) is 0 Å². The van der Waals surface area contributed by atoms with Crippen molar-refractivity contribution in [2.24, 2.45) is 5.92 Å². The van der Waals surface area contributed by atoms with Crippen LogP contribution in [-0.2, 0) is 11.2 Å². The highest BCUT2D eigenvalue weighted by molar-refractivity contribution is 5.95. The van der Waals surface area contributed by atoms with Gasteiger partial charge in [0, 0.05) is 50.4 Å². The molecule has 1 saturated carbocycles. The molecule has 1 saturated heterocycles. The van der Waals surface area contributed by atoms with Crippen LogP contribution in [0, 0.1) is 16.0 Å². The van der Waals surface area contributed by atoms with Gasteiger partial charge < -0.3 is 15.0 Å². The third kappa shape index (κ3) is 6.02. The van der Waals surface area contributed by atoms with Crippen LogP contribution < -0.4 is 10.1 Å². The number of benzene rings is 2. The normalized spacial score (nSPS) is 17.5. The Hall–Kier alpha value is -3.46. The maximum Gasteiger partial charge on any atom is 0.270 e. The number of nitro groups is 1. The smallest absolute Gasteiger partial charge is 0.270 e. The van der Waals surface area contributed by atoms with Crippen molar-refractivity contribution < 1.29 is 19.2 Å². The zero-order valence-corrected chi connectivity index (χ0v) is 20.7. The van der Waals surface area contributed by atoms with Crippen LogP contribution in [0.25, 0.3) is 0 Å². The van der Waals surface area contributed by atoms with Crippen molar-refractivity contribution >= 4 is 17.5 Å². The van der Waals surface area contributed by atoms with Crippen LogP contribution >= 0.6 is 0 Å². The van der Waals surface area contributed by atoms with Crippen LogP contribution in [0.4, 0.5) is 5.69 Å². The van der Waals surface area contributed by atoms with Gasteiger partial charge in [-0.05, 0) is 42.9 Å². The lowest BCUT2D eigenvalue weighted by Crippen LogP contribution is -2.58. The largest absolute Gasteiger partial charge is 0.496 e. The Morgan fingerprint density at radius 3 is 2.50 bits per heavy atom. The van der Waals surface area contributed by atoms with Crippen molar-refractivity contribution in [3.05, 3.63) is 69.8 Å². The number of nitrogens with one attached hydrogen (secondary N) is 1. The molecule has 1 heterocycles. The molecule has 9 heteroatoms. The van der Waals surface area contributed by atoms with Gasteiger partial charge in [-0.25, -0.2) is 0 Å². The number of amides is 2. The molecule has 2 aromatic rings. The number of carbonyl (C=O) groups excluding carboxylic acids is 2. The number of piperazine rings is 1. The number of hydrogen-bond acceptors (Lipinski definition) is 6. The number of carbonyl (C=O) groups is 2. The van der Waals surface area contributed by atoms with E-state index >= 15 is 0 Å². The van der Waals surface area contributed by atoms with Gasteiger partial charge in [0.1, 0.15) is 5.75 Å². The second-order valence-electron chi connectivity index (χ2n) is 9.48. The quantitative estimate of drug-likeness (QED) is 0.424. The highest BCUT2D eigenvalue weighted by Gasteiger charge is 2.37. The number of methoxy groups -OCH3 is 1. The molecular formula is C27H34N4O5. The third-order valence-electron chi connectivity index (χ3n) is 7.30. The maximum absolute atomic E-state index is 13.4. The topological polar surface area (TPSA) is 105 Å². The standard InChI is InChI=1S/C27H34N4O5/c1-36-24-12-5-4-7-20(24)13-14-28-26(32)25(21-8-2-3-9-21)29-15-17-30(18-16-29)27(33)22-10-6-11-23(19-22)31(34)35/h4-7,10-12,19,21,25H,2-3,8-9,13-18H2,1H3,(H,28,32)/t25-/m1/s1. The Morgan fingerprint density at radius 1 is 1.08 bits per heavy atom. The highest BCUT2D eigenvalue weighted by atomic mass is 16.6. The second-order valence-corrected chi connectivity index (χ2v) is 9.48. The Balaban J connectivity index is 1.36. The summed E-state index contributed by atoms with van der Waals surface area (Å²) in [6, 6.07) is 13.5. The lowest BCUT2D eigenvalue weighted by molar-refractivity contribution is -0.384. The number of para-hydroxylation sites is 1. The van der Waals surface area contributed by atoms with Crippen LogP contribution in [0.3, 0.4) is 0 Å². The average molecular weight is 495 g/mol. The van der Waals surface area contributed by atoms with Crippen LogP contribution in [-0.4, -0.2) is 72.4 Å². The van der Waals surface area contributed by atoms with Crippen LogP contribution in [0.1, 0.15) is 41.6 Å². The van der Waals surface area contributed by atoms with Crippen molar-refractivity contribution in [3.8, 4) is 5.75 Å². The van der Waals surface area contributed by atoms with Crippen molar-refractivity contribution in [2.75, 3.05) is 39.8 Å². The molecule has 1 aliphatic carbocycles. The second kappa shape index (κ2) is 12.0. The van der Waals surface area contributed by atoms with E-state index < -0.39 is 4.92 Å². The molecule has 2 aliphatic rings. The Kier molecular flexibility index (Phi) is 8.53. The summed E-state index contributed by atoms with van der Waals surface area (Å²) in [5, 5.41) is 14.2. The number of non-ortho nitro benzene ring substituents is 1. The van der Waals surface area contributed by atoms with E-state index in [-0.39, 0.29) is 23.5 Å². The minimum Gasteiger partial charge on any atom is -0.496 e. The first-order chi connectivity index (χ1) is 17.5. The third-order valence-corrected chi connectivity index (χ3v) is 7.30. The SMILES string of the molecule is COc1ccccc1CCNC(=O)[C@@H](C1CCCC1)N1CCN(C(=O)c2cccc([N+](=O)[O-])c2)CC1. The molecule has 36 heavy (non-hydrogen) atoms. The Labute approximate surface area is 211 Å². The van der Waals surface area contributed by atoms with E-state index in [2.05, 4.69) is 10.2 Å². The minimum absolute atomic E-state index is 0.0512. The fourth-order valence-electron chi connectivity index (χ4n) is 5.42. The zero-order chi connectivity index (χ0) is 25.5. The molecule has 0 bridgehead atoms. The van der Waals surface area contributed by atoms with E-state index in [1.165, 1.54) is 18.2 Å². The summed E-state index contributed by atoms with van der Waals surface area (Å²) in [6.07, 6.45) is 5.05. The summed E-state index contributed by atoms with van der Waals surface area (Å²) in [7, 11) is 1.65. The van der Waals surface area contributed by atoms with E-state index in [9.17, 15) is 19.7 Å². The first-order valence-electron chi connectivity index (χ1n) is 12.7. The van der Waals surface area contributed by atoms with E-state index in [0.29, 0.717) is 50.6 Å². The molecular weight excluding hydrogens is 460 g/mol. The Morgan fingerprint density at radius 2 is 1.81 bits per heavy atom. The molecule has 2 amide bonds. The zero-order valence-electron chi connectivity index (χ0n) is 20.7. The van der Waals surface area contributed by atoms with Crippen LogP contribution in [0.15, 0.2) is 48.5 Å².